The standard InChI is InChI=1S/C29H33ClFN3O4S/c1-4-21(2)32-29(36)27(18-22-10-6-5-7-11-22)34(19-23-12-8-9-13-26(23)31)28(35)20-33(3)39(37,38)25-16-14-24(30)15-17-25/h5-17,21,27H,4,18-20H2,1-3H3,(H,32,36)/t21-,27+/m1/s1. The predicted molar refractivity (Wildman–Crippen MR) is 150 cm³/mol. The minimum atomic E-state index is -4.04. The van der Waals surface area contributed by atoms with E-state index < -0.39 is 40.2 Å². The summed E-state index contributed by atoms with van der Waals surface area (Å²) in [4.78, 5) is 28.6. The van der Waals surface area contributed by atoms with Gasteiger partial charge in [-0.3, -0.25) is 9.59 Å². The number of likely N-dealkylation sites (N-methyl/N-ethyl adjacent to an activating group) is 1. The van der Waals surface area contributed by atoms with Crippen LogP contribution in [-0.2, 0) is 32.6 Å². The summed E-state index contributed by atoms with van der Waals surface area (Å²) in [6, 6.07) is 19.6. The summed E-state index contributed by atoms with van der Waals surface area (Å²) in [5.74, 6) is -1.57. The van der Waals surface area contributed by atoms with Gasteiger partial charge in [0, 0.05) is 36.6 Å². The zero-order valence-electron chi connectivity index (χ0n) is 22.2. The van der Waals surface area contributed by atoms with E-state index in [0.29, 0.717) is 11.4 Å². The first kappa shape index (κ1) is 30.3. The molecule has 0 heterocycles. The van der Waals surface area contributed by atoms with Crippen LogP contribution in [0.25, 0.3) is 0 Å². The Bertz CT molecular complexity index is 1370. The number of nitrogens with zero attached hydrogens (tertiary/aromatic N) is 2. The van der Waals surface area contributed by atoms with E-state index in [2.05, 4.69) is 5.32 Å². The third-order valence-corrected chi connectivity index (χ3v) is 8.52. The van der Waals surface area contributed by atoms with E-state index in [1.807, 2.05) is 44.2 Å². The van der Waals surface area contributed by atoms with E-state index in [9.17, 15) is 22.4 Å². The molecule has 39 heavy (non-hydrogen) atoms. The lowest BCUT2D eigenvalue weighted by atomic mass is 10.0. The normalized spacial score (nSPS) is 13.1. The molecule has 0 unspecified atom stereocenters. The second kappa shape index (κ2) is 13.7. The smallest absolute Gasteiger partial charge is 0.243 e. The number of halogens is 2. The van der Waals surface area contributed by atoms with Crippen LogP contribution in [0, 0.1) is 5.82 Å². The molecule has 0 radical (unpaired) electrons. The van der Waals surface area contributed by atoms with Gasteiger partial charge < -0.3 is 10.2 Å². The second-order valence-electron chi connectivity index (χ2n) is 9.35. The Kier molecular flexibility index (Phi) is 10.6. The maximum atomic E-state index is 14.7. The van der Waals surface area contributed by atoms with Crippen molar-refractivity contribution in [2.24, 2.45) is 0 Å². The van der Waals surface area contributed by atoms with Gasteiger partial charge in [0.05, 0.1) is 11.4 Å². The van der Waals surface area contributed by atoms with E-state index in [-0.39, 0.29) is 29.5 Å². The first-order valence-electron chi connectivity index (χ1n) is 12.6. The third-order valence-electron chi connectivity index (χ3n) is 6.45. The van der Waals surface area contributed by atoms with E-state index in [1.54, 1.807) is 6.07 Å². The maximum absolute atomic E-state index is 14.7. The predicted octanol–water partition coefficient (Wildman–Crippen LogP) is 4.65. The summed E-state index contributed by atoms with van der Waals surface area (Å²) in [5, 5.41) is 3.30. The SMILES string of the molecule is CC[C@@H](C)NC(=O)[C@H](Cc1ccccc1)N(Cc1ccccc1F)C(=O)CN(C)S(=O)(=O)c1ccc(Cl)cc1. The number of carbonyl (C=O) groups is 2. The number of benzene rings is 3. The number of hydrogen-bond acceptors (Lipinski definition) is 4. The highest BCUT2D eigenvalue weighted by atomic mass is 35.5. The van der Waals surface area contributed by atoms with Crippen LogP contribution in [0.5, 0.6) is 0 Å². The van der Waals surface area contributed by atoms with Crippen molar-refractivity contribution in [3.05, 3.63) is 101 Å². The van der Waals surface area contributed by atoms with Gasteiger partial charge in [-0.1, -0.05) is 67.1 Å². The van der Waals surface area contributed by atoms with Crippen molar-refractivity contribution < 1.29 is 22.4 Å². The fraction of sp³-hybridized carbons (Fsp3) is 0.310. The van der Waals surface area contributed by atoms with Gasteiger partial charge in [-0.05, 0) is 49.2 Å². The summed E-state index contributed by atoms with van der Waals surface area (Å²) in [7, 11) is -2.75. The van der Waals surface area contributed by atoms with Crippen molar-refractivity contribution in [2.45, 2.75) is 50.2 Å². The molecule has 2 amide bonds. The molecule has 0 saturated heterocycles. The summed E-state index contributed by atoms with van der Waals surface area (Å²) >= 11 is 5.90. The van der Waals surface area contributed by atoms with Crippen LogP contribution in [0.3, 0.4) is 0 Å². The Balaban J connectivity index is 1.99. The highest BCUT2D eigenvalue weighted by molar-refractivity contribution is 7.89. The van der Waals surface area contributed by atoms with E-state index in [1.165, 1.54) is 54.4 Å². The molecule has 0 aliphatic rings. The van der Waals surface area contributed by atoms with Gasteiger partial charge in [-0.2, -0.15) is 4.31 Å². The molecule has 10 heteroatoms. The average Bonchev–Trinajstić information content (AvgIpc) is 2.92. The molecule has 3 aromatic carbocycles. The zero-order chi connectivity index (χ0) is 28.6. The van der Waals surface area contributed by atoms with Gasteiger partial charge in [0.1, 0.15) is 11.9 Å². The fourth-order valence-corrected chi connectivity index (χ4v) is 5.20. The van der Waals surface area contributed by atoms with Crippen molar-refractivity contribution in [3.63, 3.8) is 0 Å². The quantitative estimate of drug-likeness (QED) is 0.342. The Morgan fingerprint density at radius 3 is 2.21 bits per heavy atom. The number of nitrogens with one attached hydrogen (secondary N) is 1. The summed E-state index contributed by atoms with van der Waals surface area (Å²) in [6.45, 7) is 3.01. The Morgan fingerprint density at radius 2 is 1.59 bits per heavy atom. The number of rotatable bonds is 12. The third kappa shape index (κ3) is 8.11. The van der Waals surface area contributed by atoms with Gasteiger partial charge in [0.25, 0.3) is 0 Å². The zero-order valence-corrected chi connectivity index (χ0v) is 23.8. The topological polar surface area (TPSA) is 86.8 Å². The van der Waals surface area contributed by atoms with Gasteiger partial charge >= 0.3 is 0 Å². The van der Waals surface area contributed by atoms with Crippen molar-refractivity contribution >= 4 is 33.4 Å². The van der Waals surface area contributed by atoms with Crippen molar-refractivity contribution in [1.29, 1.82) is 0 Å². The molecule has 7 nitrogen and oxygen atoms in total. The molecule has 0 aliphatic carbocycles. The second-order valence-corrected chi connectivity index (χ2v) is 11.8. The van der Waals surface area contributed by atoms with Crippen LogP contribution < -0.4 is 5.32 Å². The minimum absolute atomic E-state index is 0.0294. The molecular formula is C29H33ClFN3O4S. The van der Waals surface area contributed by atoms with Crippen LogP contribution in [0.4, 0.5) is 4.39 Å². The first-order valence-corrected chi connectivity index (χ1v) is 14.4. The lowest BCUT2D eigenvalue weighted by molar-refractivity contribution is -0.141. The van der Waals surface area contributed by atoms with E-state index in [4.69, 9.17) is 11.6 Å². The highest BCUT2D eigenvalue weighted by Crippen LogP contribution is 2.20. The molecule has 0 bridgehead atoms. The lowest BCUT2D eigenvalue weighted by Crippen LogP contribution is -2.54. The first-order chi connectivity index (χ1) is 18.5. The van der Waals surface area contributed by atoms with Crippen molar-refractivity contribution in [1.82, 2.24) is 14.5 Å². The Morgan fingerprint density at radius 1 is 0.974 bits per heavy atom. The summed E-state index contributed by atoms with van der Waals surface area (Å²) in [5.41, 5.74) is 1.01. The van der Waals surface area contributed by atoms with Crippen LogP contribution in [0.15, 0.2) is 83.8 Å². The number of hydrogen-bond donors (Lipinski definition) is 1. The Hall–Kier alpha value is -3.27. The van der Waals surface area contributed by atoms with Gasteiger partial charge in [-0.25, -0.2) is 12.8 Å². The molecule has 0 saturated carbocycles. The average molecular weight is 574 g/mol. The molecule has 2 atom stereocenters. The van der Waals surface area contributed by atoms with Gasteiger partial charge in [0.2, 0.25) is 21.8 Å². The molecule has 0 aliphatic heterocycles. The van der Waals surface area contributed by atoms with Crippen molar-refractivity contribution in [3.8, 4) is 0 Å². The molecule has 1 N–H and O–H groups in total. The highest BCUT2D eigenvalue weighted by Gasteiger charge is 2.33. The van der Waals surface area contributed by atoms with Crippen molar-refractivity contribution in [2.75, 3.05) is 13.6 Å². The maximum Gasteiger partial charge on any atom is 0.243 e. The Labute approximate surface area is 234 Å². The van der Waals surface area contributed by atoms with Crippen LogP contribution in [0.2, 0.25) is 5.02 Å². The van der Waals surface area contributed by atoms with Crippen LogP contribution in [0.1, 0.15) is 31.4 Å². The largest absolute Gasteiger partial charge is 0.352 e. The van der Waals surface area contributed by atoms with Crippen LogP contribution >= 0.6 is 11.6 Å². The molecule has 3 aromatic rings. The van der Waals surface area contributed by atoms with Gasteiger partial charge in [0.15, 0.2) is 0 Å². The summed E-state index contributed by atoms with van der Waals surface area (Å²) < 4.78 is 42.0. The lowest BCUT2D eigenvalue weighted by Gasteiger charge is -2.33. The number of sulfonamides is 1. The van der Waals surface area contributed by atoms with Gasteiger partial charge in [-0.15, -0.1) is 0 Å². The number of carbonyl (C=O) groups excluding carboxylic acids is 2. The molecule has 208 valence electrons. The molecule has 3 rings (SSSR count). The molecule has 0 fully saturated rings. The molecule has 0 aromatic heterocycles. The summed E-state index contributed by atoms with van der Waals surface area (Å²) in [6.07, 6.45) is 0.837. The minimum Gasteiger partial charge on any atom is -0.352 e. The number of amides is 2. The van der Waals surface area contributed by atoms with E-state index in [0.717, 1.165) is 9.87 Å². The fourth-order valence-electron chi connectivity index (χ4n) is 3.96. The van der Waals surface area contributed by atoms with Crippen LogP contribution in [-0.4, -0.2) is 55.1 Å². The molecular weight excluding hydrogens is 541 g/mol. The molecule has 0 spiro atoms. The monoisotopic (exact) mass is 573 g/mol. The van der Waals surface area contributed by atoms with E-state index >= 15 is 0 Å².